The molecule has 0 aromatic carbocycles. The first-order chi connectivity index (χ1) is 8.31. The average molecular weight is 229 g/mol. The van der Waals surface area contributed by atoms with Gasteiger partial charge >= 0.3 is 0 Å². The Hall–Kier alpha value is -1.40. The molecule has 0 amide bonds. The first-order valence-corrected chi connectivity index (χ1v) is 6.37. The third-order valence-electron chi connectivity index (χ3n) is 3.58. The van der Waals surface area contributed by atoms with E-state index in [-0.39, 0.29) is 12.0 Å². The van der Waals surface area contributed by atoms with Gasteiger partial charge in [0.25, 0.3) is 0 Å². The Kier molecular flexibility index (Phi) is 4.11. The van der Waals surface area contributed by atoms with Gasteiger partial charge in [0.1, 0.15) is 0 Å². The van der Waals surface area contributed by atoms with Crippen LogP contribution >= 0.6 is 0 Å². The van der Waals surface area contributed by atoms with Gasteiger partial charge in [-0.25, -0.2) is 0 Å². The van der Waals surface area contributed by atoms with Crippen LogP contribution in [-0.2, 0) is 0 Å². The smallest absolute Gasteiger partial charge is 0.0672 e. The molecule has 1 aromatic rings. The van der Waals surface area contributed by atoms with Crippen LogP contribution in [0.3, 0.4) is 0 Å². The predicted octanol–water partition coefficient (Wildman–Crippen LogP) is 2.81. The van der Waals surface area contributed by atoms with Crippen molar-refractivity contribution in [1.29, 1.82) is 5.26 Å². The van der Waals surface area contributed by atoms with Crippen molar-refractivity contribution in [2.45, 2.75) is 44.7 Å². The molecule has 3 nitrogen and oxygen atoms in total. The Morgan fingerprint density at radius 3 is 3.00 bits per heavy atom. The van der Waals surface area contributed by atoms with Crippen molar-refractivity contribution in [1.82, 2.24) is 10.3 Å². The summed E-state index contributed by atoms with van der Waals surface area (Å²) in [6.07, 6.45) is 8.25. The summed E-state index contributed by atoms with van der Waals surface area (Å²) in [5.74, 6) is 0.169. The Morgan fingerprint density at radius 2 is 2.29 bits per heavy atom. The number of pyridine rings is 1. The number of hydrogen-bond donors (Lipinski definition) is 1. The fraction of sp³-hybridized carbons (Fsp3) is 0.571. The standard InChI is InChI=1S/C14H19N3/c1-11(13-6-4-8-16-10-13)17-14-7-3-2-5-12(14)9-15/h4,6,8,10-12,14,17H,2-3,5,7H2,1H3/t11-,12?,14?/m1/s1. The highest BCUT2D eigenvalue weighted by atomic mass is 15.0. The van der Waals surface area contributed by atoms with Gasteiger partial charge in [0.2, 0.25) is 0 Å². The quantitative estimate of drug-likeness (QED) is 0.867. The van der Waals surface area contributed by atoms with Crippen molar-refractivity contribution in [3.05, 3.63) is 30.1 Å². The lowest BCUT2D eigenvalue weighted by Gasteiger charge is -2.30. The number of rotatable bonds is 3. The average Bonchev–Trinajstić information content (AvgIpc) is 2.40. The Bertz CT molecular complexity index is 382. The van der Waals surface area contributed by atoms with Gasteiger partial charge in [-0.15, -0.1) is 0 Å². The van der Waals surface area contributed by atoms with Crippen LogP contribution in [0.2, 0.25) is 0 Å². The van der Waals surface area contributed by atoms with Crippen LogP contribution in [-0.4, -0.2) is 11.0 Å². The Morgan fingerprint density at radius 1 is 1.47 bits per heavy atom. The number of nitrogens with zero attached hydrogens (tertiary/aromatic N) is 2. The minimum atomic E-state index is 0.169. The highest BCUT2D eigenvalue weighted by molar-refractivity contribution is 5.13. The summed E-state index contributed by atoms with van der Waals surface area (Å²) in [7, 11) is 0. The van der Waals surface area contributed by atoms with Crippen molar-refractivity contribution >= 4 is 0 Å². The zero-order valence-corrected chi connectivity index (χ0v) is 10.3. The molecule has 1 saturated carbocycles. The molecule has 2 unspecified atom stereocenters. The largest absolute Gasteiger partial charge is 0.306 e. The summed E-state index contributed by atoms with van der Waals surface area (Å²) in [5, 5.41) is 12.7. The number of hydrogen-bond acceptors (Lipinski definition) is 3. The van der Waals surface area contributed by atoms with Gasteiger partial charge in [0, 0.05) is 24.5 Å². The molecule has 2 rings (SSSR count). The molecule has 0 bridgehead atoms. The van der Waals surface area contributed by atoms with Crippen molar-refractivity contribution in [3.63, 3.8) is 0 Å². The molecule has 1 fully saturated rings. The molecule has 0 saturated heterocycles. The van der Waals surface area contributed by atoms with Gasteiger partial charge < -0.3 is 5.32 Å². The molecule has 17 heavy (non-hydrogen) atoms. The number of nitrogens with one attached hydrogen (secondary N) is 1. The van der Waals surface area contributed by atoms with Crippen LogP contribution in [0.1, 0.15) is 44.2 Å². The normalized spacial score (nSPS) is 26.1. The summed E-state index contributed by atoms with van der Waals surface area (Å²) in [6, 6.07) is 7.07. The molecule has 1 aliphatic carbocycles. The third-order valence-corrected chi connectivity index (χ3v) is 3.58. The van der Waals surface area contributed by atoms with E-state index in [1.807, 2.05) is 12.3 Å². The summed E-state index contributed by atoms with van der Waals surface area (Å²) in [4.78, 5) is 4.13. The molecular weight excluding hydrogens is 210 g/mol. The van der Waals surface area contributed by atoms with Crippen molar-refractivity contribution in [2.75, 3.05) is 0 Å². The van der Waals surface area contributed by atoms with Crippen LogP contribution in [0.5, 0.6) is 0 Å². The van der Waals surface area contributed by atoms with Gasteiger partial charge in [-0.2, -0.15) is 5.26 Å². The van der Waals surface area contributed by atoms with E-state index in [9.17, 15) is 0 Å². The summed E-state index contributed by atoms with van der Waals surface area (Å²) in [5.41, 5.74) is 1.19. The SMILES string of the molecule is C[C@@H](NC1CCCCC1C#N)c1cccnc1. The maximum absolute atomic E-state index is 9.14. The third kappa shape index (κ3) is 3.04. The maximum atomic E-state index is 9.14. The molecule has 1 aromatic heterocycles. The van der Waals surface area contributed by atoms with Crippen LogP contribution in [0.25, 0.3) is 0 Å². The van der Waals surface area contributed by atoms with E-state index in [0.717, 1.165) is 12.8 Å². The van der Waals surface area contributed by atoms with E-state index in [1.165, 1.54) is 18.4 Å². The van der Waals surface area contributed by atoms with Gasteiger partial charge in [0.05, 0.1) is 12.0 Å². The van der Waals surface area contributed by atoms with Crippen LogP contribution in [0.15, 0.2) is 24.5 Å². The van der Waals surface area contributed by atoms with Crippen molar-refractivity contribution in [2.24, 2.45) is 5.92 Å². The second-order valence-corrected chi connectivity index (χ2v) is 4.80. The molecule has 0 radical (unpaired) electrons. The van der Waals surface area contributed by atoms with Gasteiger partial charge in [0.15, 0.2) is 0 Å². The van der Waals surface area contributed by atoms with Gasteiger partial charge in [-0.05, 0) is 31.4 Å². The lowest BCUT2D eigenvalue weighted by Crippen LogP contribution is -2.39. The van der Waals surface area contributed by atoms with E-state index in [2.05, 4.69) is 29.4 Å². The van der Waals surface area contributed by atoms with Crippen molar-refractivity contribution < 1.29 is 0 Å². The molecule has 1 aliphatic rings. The zero-order valence-electron chi connectivity index (χ0n) is 10.3. The maximum Gasteiger partial charge on any atom is 0.0672 e. The van der Waals surface area contributed by atoms with Crippen molar-refractivity contribution in [3.8, 4) is 6.07 Å². The van der Waals surface area contributed by atoms with Crippen LogP contribution < -0.4 is 5.32 Å². The van der Waals surface area contributed by atoms with Gasteiger partial charge in [-0.3, -0.25) is 4.98 Å². The Balaban J connectivity index is 1.98. The highest BCUT2D eigenvalue weighted by Crippen LogP contribution is 2.26. The van der Waals surface area contributed by atoms with E-state index in [1.54, 1.807) is 6.20 Å². The second-order valence-electron chi connectivity index (χ2n) is 4.80. The lowest BCUT2D eigenvalue weighted by atomic mass is 9.85. The lowest BCUT2D eigenvalue weighted by molar-refractivity contribution is 0.292. The molecule has 1 heterocycles. The number of aromatic nitrogens is 1. The summed E-state index contributed by atoms with van der Waals surface area (Å²) in [6.45, 7) is 2.14. The van der Waals surface area contributed by atoms with Crippen LogP contribution in [0, 0.1) is 17.2 Å². The summed E-state index contributed by atoms with van der Waals surface area (Å²) < 4.78 is 0. The molecule has 0 aliphatic heterocycles. The monoisotopic (exact) mass is 229 g/mol. The predicted molar refractivity (Wildman–Crippen MR) is 67.1 cm³/mol. The fourth-order valence-electron chi connectivity index (χ4n) is 2.53. The Labute approximate surface area is 103 Å². The highest BCUT2D eigenvalue weighted by Gasteiger charge is 2.26. The van der Waals surface area contributed by atoms with E-state index >= 15 is 0 Å². The first-order valence-electron chi connectivity index (χ1n) is 6.37. The minimum absolute atomic E-state index is 0.169. The topological polar surface area (TPSA) is 48.7 Å². The first kappa shape index (κ1) is 12.1. The fourth-order valence-corrected chi connectivity index (χ4v) is 2.53. The molecule has 3 atom stereocenters. The van der Waals surface area contributed by atoms with E-state index in [0.29, 0.717) is 6.04 Å². The van der Waals surface area contributed by atoms with Crippen LogP contribution in [0.4, 0.5) is 0 Å². The molecule has 90 valence electrons. The second kappa shape index (κ2) is 5.79. The molecule has 3 heteroatoms. The summed E-state index contributed by atoms with van der Waals surface area (Å²) >= 11 is 0. The number of nitriles is 1. The minimum Gasteiger partial charge on any atom is -0.306 e. The molecular formula is C14H19N3. The van der Waals surface area contributed by atoms with Gasteiger partial charge in [-0.1, -0.05) is 18.9 Å². The van der Waals surface area contributed by atoms with E-state index in [4.69, 9.17) is 5.26 Å². The van der Waals surface area contributed by atoms with E-state index < -0.39 is 0 Å². The zero-order chi connectivity index (χ0) is 12.1. The molecule has 1 N–H and O–H groups in total. The molecule has 0 spiro atoms.